The van der Waals surface area contributed by atoms with Gasteiger partial charge in [0.1, 0.15) is 5.60 Å². The Kier molecular flexibility index (Phi) is 4.32. The van der Waals surface area contributed by atoms with Crippen LogP contribution in [0.15, 0.2) is 64.0 Å². The maximum absolute atomic E-state index is 12.5. The van der Waals surface area contributed by atoms with Gasteiger partial charge in [-0.1, -0.05) is 42.5 Å². The molecular weight excluding hydrogens is 340 g/mol. The Morgan fingerprint density at radius 1 is 1.05 bits per heavy atom. The Morgan fingerprint density at radius 3 is 2.20 bits per heavy atom. The Morgan fingerprint density at radius 2 is 1.60 bits per heavy atom. The summed E-state index contributed by atoms with van der Waals surface area (Å²) in [6, 6.07) is 15.4. The molecule has 1 N–H and O–H groups in total. The van der Waals surface area contributed by atoms with E-state index < -0.39 is 15.4 Å². The topological polar surface area (TPSA) is 54.4 Å². The zero-order chi connectivity index (χ0) is 14.8. The molecule has 0 fully saturated rings. The van der Waals surface area contributed by atoms with Crippen LogP contribution in [0.5, 0.6) is 0 Å². The van der Waals surface area contributed by atoms with Crippen LogP contribution >= 0.6 is 15.9 Å². The molecule has 2 aromatic rings. The molecule has 0 aromatic heterocycles. The van der Waals surface area contributed by atoms with Crippen molar-refractivity contribution in [3.8, 4) is 0 Å². The van der Waals surface area contributed by atoms with Crippen molar-refractivity contribution in [2.45, 2.75) is 17.4 Å². The standard InChI is InChI=1S/C15H15BrO3S/c1-15(17,12-7-3-2-4-8-12)11-20(18,19)14-10-6-5-9-13(14)16/h2-10,17H,11H2,1H3/t15-/m0/s1. The molecule has 3 nitrogen and oxygen atoms in total. The molecule has 0 radical (unpaired) electrons. The van der Waals surface area contributed by atoms with E-state index in [-0.39, 0.29) is 10.6 Å². The van der Waals surface area contributed by atoms with Crippen LogP contribution in [-0.2, 0) is 15.4 Å². The van der Waals surface area contributed by atoms with E-state index >= 15 is 0 Å². The van der Waals surface area contributed by atoms with Crippen LogP contribution in [0, 0.1) is 0 Å². The molecule has 0 saturated carbocycles. The van der Waals surface area contributed by atoms with E-state index in [4.69, 9.17) is 0 Å². The fourth-order valence-corrected chi connectivity index (χ4v) is 4.76. The molecule has 0 aliphatic carbocycles. The maximum Gasteiger partial charge on any atom is 0.182 e. The van der Waals surface area contributed by atoms with Crippen LogP contribution in [-0.4, -0.2) is 19.3 Å². The molecular formula is C15H15BrO3S. The van der Waals surface area contributed by atoms with Crippen molar-refractivity contribution in [2.75, 3.05) is 5.75 Å². The average molecular weight is 355 g/mol. The van der Waals surface area contributed by atoms with Gasteiger partial charge in [0.2, 0.25) is 0 Å². The summed E-state index contributed by atoms with van der Waals surface area (Å²) in [5, 5.41) is 10.5. The highest BCUT2D eigenvalue weighted by Gasteiger charge is 2.32. The van der Waals surface area contributed by atoms with E-state index in [1.165, 1.54) is 13.0 Å². The largest absolute Gasteiger partial charge is 0.384 e. The number of benzene rings is 2. The minimum absolute atomic E-state index is 0.191. The molecule has 106 valence electrons. The highest BCUT2D eigenvalue weighted by atomic mass is 79.9. The second-order valence-electron chi connectivity index (χ2n) is 4.83. The van der Waals surface area contributed by atoms with E-state index in [9.17, 15) is 13.5 Å². The van der Waals surface area contributed by atoms with Crippen molar-refractivity contribution < 1.29 is 13.5 Å². The van der Waals surface area contributed by atoms with Gasteiger partial charge in [-0.3, -0.25) is 0 Å². The van der Waals surface area contributed by atoms with Crippen molar-refractivity contribution in [1.82, 2.24) is 0 Å². The molecule has 0 saturated heterocycles. The molecule has 0 aliphatic rings. The van der Waals surface area contributed by atoms with E-state index in [0.717, 1.165) is 0 Å². The Bertz CT molecular complexity index is 694. The lowest BCUT2D eigenvalue weighted by molar-refractivity contribution is 0.0819. The lowest BCUT2D eigenvalue weighted by atomic mass is 9.99. The molecule has 0 unspecified atom stereocenters. The Balaban J connectivity index is 2.36. The molecule has 5 heteroatoms. The predicted octanol–water partition coefficient (Wildman–Crippen LogP) is 3.13. The van der Waals surface area contributed by atoms with Crippen LogP contribution in [0.4, 0.5) is 0 Å². The molecule has 0 bridgehead atoms. The summed E-state index contributed by atoms with van der Waals surface area (Å²) in [6.45, 7) is 1.51. The van der Waals surface area contributed by atoms with Crippen molar-refractivity contribution in [1.29, 1.82) is 0 Å². The maximum atomic E-state index is 12.5. The predicted molar refractivity (Wildman–Crippen MR) is 82.2 cm³/mol. The summed E-state index contributed by atoms with van der Waals surface area (Å²) in [5.74, 6) is -0.368. The van der Waals surface area contributed by atoms with Crippen LogP contribution in [0.1, 0.15) is 12.5 Å². The lowest BCUT2D eigenvalue weighted by Crippen LogP contribution is -2.31. The number of hydrogen-bond acceptors (Lipinski definition) is 3. The summed E-state index contributed by atoms with van der Waals surface area (Å²) in [4.78, 5) is 0.191. The molecule has 1 atom stereocenters. The second-order valence-corrected chi connectivity index (χ2v) is 7.64. The lowest BCUT2D eigenvalue weighted by Gasteiger charge is -2.23. The minimum atomic E-state index is -3.59. The van der Waals surface area contributed by atoms with Crippen molar-refractivity contribution >= 4 is 25.8 Å². The number of hydrogen-bond donors (Lipinski definition) is 1. The SMILES string of the molecule is C[C@](O)(CS(=O)(=O)c1ccccc1Br)c1ccccc1. The van der Waals surface area contributed by atoms with Gasteiger partial charge >= 0.3 is 0 Å². The minimum Gasteiger partial charge on any atom is -0.384 e. The Labute approximate surface area is 127 Å². The zero-order valence-electron chi connectivity index (χ0n) is 11.0. The van der Waals surface area contributed by atoms with Crippen molar-refractivity contribution in [3.05, 3.63) is 64.6 Å². The van der Waals surface area contributed by atoms with E-state index in [0.29, 0.717) is 10.0 Å². The zero-order valence-corrected chi connectivity index (χ0v) is 13.4. The van der Waals surface area contributed by atoms with E-state index in [2.05, 4.69) is 15.9 Å². The first-order valence-corrected chi connectivity index (χ1v) is 8.53. The van der Waals surface area contributed by atoms with Gasteiger partial charge in [-0.25, -0.2) is 8.42 Å². The van der Waals surface area contributed by atoms with Gasteiger partial charge in [0.15, 0.2) is 9.84 Å². The summed E-state index contributed by atoms with van der Waals surface area (Å²) in [7, 11) is -3.59. The normalized spacial score (nSPS) is 14.8. The van der Waals surface area contributed by atoms with Crippen molar-refractivity contribution in [2.24, 2.45) is 0 Å². The molecule has 0 aliphatic heterocycles. The van der Waals surface area contributed by atoms with E-state index in [1.54, 1.807) is 42.5 Å². The van der Waals surface area contributed by atoms with Gasteiger partial charge in [-0.05, 0) is 40.5 Å². The van der Waals surface area contributed by atoms with E-state index in [1.807, 2.05) is 6.07 Å². The van der Waals surface area contributed by atoms with Crippen LogP contribution < -0.4 is 0 Å². The Hall–Kier alpha value is -1.17. The monoisotopic (exact) mass is 354 g/mol. The second kappa shape index (κ2) is 5.68. The first kappa shape index (κ1) is 15.2. The summed E-state index contributed by atoms with van der Waals surface area (Å²) in [6.07, 6.45) is 0. The van der Waals surface area contributed by atoms with Crippen LogP contribution in [0.3, 0.4) is 0 Å². The first-order chi connectivity index (χ1) is 9.33. The molecule has 0 heterocycles. The fourth-order valence-electron chi connectivity index (χ4n) is 2.03. The van der Waals surface area contributed by atoms with Crippen molar-refractivity contribution in [3.63, 3.8) is 0 Å². The van der Waals surface area contributed by atoms with Gasteiger partial charge in [-0.2, -0.15) is 0 Å². The highest BCUT2D eigenvalue weighted by molar-refractivity contribution is 9.10. The summed E-state index contributed by atoms with van der Waals surface area (Å²) < 4.78 is 25.4. The van der Waals surface area contributed by atoms with Gasteiger partial charge in [-0.15, -0.1) is 0 Å². The van der Waals surface area contributed by atoms with Gasteiger partial charge in [0.05, 0.1) is 10.6 Å². The third-order valence-electron chi connectivity index (χ3n) is 3.04. The quantitative estimate of drug-likeness (QED) is 0.917. The van der Waals surface area contributed by atoms with Gasteiger partial charge in [0.25, 0.3) is 0 Å². The van der Waals surface area contributed by atoms with Gasteiger partial charge < -0.3 is 5.11 Å². The number of aliphatic hydroxyl groups is 1. The molecule has 0 amide bonds. The number of halogens is 1. The average Bonchev–Trinajstić information content (AvgIpc) is 2.39. The first-order valence-electron chi connectivity index (χ1n) is 6.08. The van der Waals surface area contributed by atoms with Gasteiger partial charge in [0, 0.05) is 4.47 Å². The number of sulfone groups is 1. The summed E-state index contributed by atoms with van der Waals surface area (Å²) in [5.41, 5.74) is -0.856. The third-order valence-corrected chi connectivity index (χ3v) is 5.96. The molecule has 20 heavy (non-hydrogen) atoms. The highest BCUT2D eigenvalue weighted by Crippen LogP contribution is 2.28. The number of rotatable bonds is 4. The third kappa shape index (κ3) is 3.29. The van der Waals surface area contributed by atoms with Crippen LogP contribution in [0.25, 0.3) is 0 Å². The summed E-state index contributed by atoms with van der Waals surface area (Å²) >= 11 is 3.24. The smallest absolute Gasteiger partial charge is 0.182 e. The molecule has 2 aromatic carbocycles. The molecule has 2 rings (SSSR count). The molecule has 0 spiro atoms. The van der Waals surface area contributed by atoms with Crippen LogP contribution in [0.2, 0.25) is 0 Å². The fraction of sp³-hybridized carbons (Fsp3) is 0.200.